The zero-order valence-corrected chi connectivity index (χ0v) is 18.3. The van der Waals surface area contributed by atoms with Gasteiger partial charge in [-0.3, -0.25) is 0 Å². The number of nitrogen functional groups attached to an aromatic ring is 1. The van der Waals surface area contributed by atoms with Gasteiger partial charge in [-0.25, -0.2) is 9.59 Å². The lowest BCUT2D eigenvalue weighted by Crippen LogP contribution is -2.16. The van der Waals surface area contributed by atoms with Gasteiger partial charge in [0.25, 0.3) is 0 Å². The lowest BCUT2D eigenvalue weighted by Gasteiger charge is -2.18. The van der Waals surface area contributed by atoms with Crippen LogP contribution >= 0.6 is 0 Å². The Morgan fingerprint density at radius 2 is 1.29 bits per heavy atom. The maximum Gasteiger partial charge on any atom is 0.341 e. The van der Waals surface area contributed by atoms with E-state index in [9.17, 15) is 9.59 Å². The summed E-state index contributed by atoms with van der Waals surface area (Å²) in [5.74, 6) is -0.368. The number of methoxy groups -OCH3 is 4. The van der Waals surface area contributed by atoms with E-state index < -0.39 is 11.9 Å². The van der Waals surface area contributed by atoms with Crippen molar-refractivity contribution in [2.45, 2.75) is 0 Å². The molecule has 0 amide bonds. The number of esters is 2. The van der Waals surface area contributed by atoms with Crippen LogP contribution in [0.15, 0.2) is 24.3 Å². The number of carbonyl (C=O) groups is 2. The molecule has 0 fully saturated rings. The zero-order chi connectivity index (χ0) is 23.0. The fraction of sp³-hybridized carbons (Fsp3) is 0.333. The summed E-state index contributed by atoms with van der Waals surface area (Å²) >= 11 is 0. The molecule has 0 atom stereocenters. The highest BCUT2D eigenvalue weighted by atomic mass is 16.5. The second kappa shape index (κ2) is 10.8. The third kappa shape index (κ3) is 5.03. The maximum atomic E-state index is 11.9. The monoisotopic (exact) mass is 432 g/mol. The fourth-order valence-electron chi connectivity index (χ4n) is 3.10. The van der Waals surface area contributed by atoms with Crippen LogP contribution in [0.4, 0.5) is 22.7 Å². The van der Waals surface area contributed by atoms with Crippen molar-refractivity contribution < 1.29 is 28.5 Å². The molecule has 0 aliphatic rings. The van der Waals surface area contributed by atoms with Crippen LogP contribution in [0.25, 0.3) is 0 Å². The van der Waals surface area contributed by atoms with E-state index in [4.69, 9.17) is 24.7 Å². The van der Waals surface area contributed by atoms with Crippen molar-refractivity contribution in [1.29, 1.82) is 0 Å². The molecular formula is C21H28N4O6. The van der Waals surface area contributed by atoms with Gasteiger partial charge < -0.3 is 40.6 Å². The Morgan fingerprint density at radius 3 is 1.77 bits per heavy atom. The summed E-state index contributed by atoms with van der Waals surface area (Å²) in [7, 11) is 7.27. The third-order valence-corrected chi connectivity index (χ3v) is 4.58. The van der Waals surface area contributed by atoms with Crippen LogP contribution in [-0.4, -0.2) is 60.5 Å². The second-order valence-electron chi connectivity index (χ2n) is 6.26. The van der Waals surface area contributed by atoms with Crippen molar-refractivity contribution in [3.8, 4) is 11.5 Å². The van der Waals surface area contributed by atoms with Crippen molar-refractivity contribution in [1.82, 2.24) is 0 Å². The summed E-state index contributed by atoms with van der Waals surface area (Å²) < 4.78 is 20.2. The van der Waals surface area contributed by atoms with Gasteiger partial charge >= 0.3 is 11.9 Å². The Balaban J connectivity index is 2.11. The van der Waals surface area contributed by atoms with Crippen LogP contribution in [0.2, 0.25) is 0 Å². The highest BCUT2D eigenvalue weighted by Gasteiger charge is 2.20. The molecule has 0 bridgehead atoms. The Morgan fingerprint density at radius 1 is 0.806 bits per heavy atom. The predicted molar refractivity (Wildman–Crippen MR) is 120 cm³/mol. The molecule has 0 unspecified atom stereocenters. The first kappa shape index (κ1) is 23.5. The Hall–Kier alpha value is -3.82. The highest BCUT2D eigenvalue weighted by molar-refractivity contribution is 5.98. The lowest BCUT2D eigenvalue weighted by molar-refractivity contribution is 0.0588. The summed E-state index contributed by atoms with van der Waals surface area (Å²) in [6, 6.07) is 6.68. The number of ether oxygens (including phenoxy) is 4. The van der Waals surface area contributed by atoms with Gasteiger partial charge in [-0.15, -0.1) is 0 Å². The number of benzene rings is 2. The molecule has 0 saturated carbocycles. The molecule has 0 spiro atoms. The number of nitrogens with two attached hydrogens (primary N) is 1. The van der Waals surface area contributed by atoms with Gasteiger partial charge in [0, 0.05) is 20.1 Å². The number of rotatable bonds is 10. The van der Waals surface area contributed by atoms with Gasteiger partial charge in [0.2, 0.25) is 0 Å². The maximum absolute atomic E-state index is 11.9. The molecule has 168 valence electrons. The molecule has 31 heavy (non-hydrogen) atoms. The molecule has 0 heterocycles. The van der Waals surface area contributed by atoms with E-state index >= 15 is 0 Å². The van der Waals surface area contributed by atoms with E-state index in [0.29, 0.717) is 41.5 Å². The molecule has 5 N–H and O–H groups in total. The van der Waals surface area contributed by atoms with Crippen LogP contribution in [-0.2, 0) is 9.47 Å². The van der Waals surface area contributed by atoms with Crippen LogP contribution in [0.1, 0.15) is 20.7 Å². The predicted octanol–water partition coefficient (Wildman–Crippen LogP) is 2.42. The van der Waals surface area contributed by atoms with E-state index in [1.54, 1.807) is 31.3 Å². The summed E-state index contributed by atoms with van der Waals surface area (Å²) in [6.07, 6.45) is 0. The normalized spacial score (nSPS) is 10.1. The molecule has 0 aliphatic carbocycles. The van der Waals surface area contributed by atoms with Crippen molar-refractivity contribution in [3.63, 3.8) is 0 Å². The minimum Gasteiger partial charge on any atom is -0.494 e. The van der Waals surface area contributed by atoms with E-state index in [-0.39, 0.29) is 11.3 Å². The van der Waals surface area contributed by atoms with Crippen molar-refractivity contribution in [2.75, 3.05) is 70.3 Å². The fourth-order valence-corrected chi connectivity index (χ4v) is 3.10. The average molecular weight is 432 g/mol. The minimum absolute atomic E-state index is 0.252. The zero-order valence-electron chi connectivity index (χ0n) is 18.3. The van der Waals surface area contributed by atoms with Crippen molar-refractivity contribution >= 4 is 34.7 Å². The van der Waals surface area contributed by atoms with Gasteiger partial charge in [-0.1, -0.05) is 0 Å². The molecule has 0 aliphatic heterocycles. The van der Waals surface area contributed by atoms with E-state index in [1.807, 2.05) is 0 Å². The summed E-state index contributed by atoms with van der Waals surface area (Å²) in [5, 5.41) is 9.52. The van der Waals surface area contributed by atoms with Crippen LogP contribution < -0.4 is 31.2 Å². The molecule has 2 aromatic rings. The average Bonchev–Trinajstić information content (AvgIpc) is 2.80. The van der Waals surface area contributed by atoms with Gasteiger partial charge in [0.15, 0.2) is 11.5 Å². The summed E-state index contributed by atoms with van der Waals surface area (Å²) in [4.78, 5) is 23.8. The van der Waals surface area contributed by atoms with Gasteiger partial charge in [-0.05, 0) is 24.3 Å². The van der Waals surface area contributed by atoms with E-state index in [1.165, 1.54) is 28.4 Å². The van der Waals surface area contributed by atoms with Gasteiger partial charge in [0.1, 0.15) is 16.8 Å². The van der Waals surface area contributed by atoms with Gasteiger partial charge in [0.05, 0.1) is 45.5 Å². The topological polar surface area (TPSA) is 133 Å². The smallest absolute Gasteiger partial charge is 0.341 e. The first-order valence-corrected chi connectivity index (χ1v) is 9.42. The number of hydrogen-bond donors (Lipinski definition) is 4. The van der Waals surface area contributed by atoms with Gasteiger partial charge in [-0.2, -0.15) is 0 Å². The lowest BCUT2D eigenvalue weighted by atomic mass is 10.1. The van der Waals surface area contributed by atoms with Crippen molar-refractivity contribution in [3.05, 3.63) is 35.4 Å². The molecular weight excluding hydrogens is 404 g/mol. The molecule has 0 radical (unpaired) electrons. The Labute approximate surface area is 181 Å². The number of carbonyl (C=O) groups excluding carboxylic acids is 2. The number of nitrogens with one attached hydrogen (secondary N) is 3. The van der Waals surface area contributed by atoms with Crippen LogP contribution in [0.5, 0.6) is 11.5 Å². The van der Waals surface area contributed by atoms with Crippen LogP contribution in [0.3, 0.4) is 0 Å². The molecule has 10 nitrogen and oxygen atoms in total. The van der Waals surface area contributed by atoms with Crippen molar-refractivity contribution in [2.24, 2.45) is 0 Å². The largest absolute Gasteiger partial charge is 0.494 e. The first-order chi connectivity index (χ1) is 14.9. The summed E-state index contributed by atoms with van der Waals surface area (Å²) in [5.41, 5.74) is 9.03. The Bertz CT molecular complexity index is 948. The first-order valence-electron chi connectivity index (χ1n) is 9.42. The standard InChI is InChI=1S/C21H28N4O6/c1-23-17-15(9-7-13(19(17)29-3)21(27)31-5)25-11-10-24-14-8-6-12(20(26)30-4)18(28-2)16(14)22/h6-9,23-25H,10-11,22H2,1-5H3. The van der Waals surface area contributed by atoms with E-state index in [0.717, 1.165) is 5.69 Å². The molecule has 2 rings (SSSR count). The van der Waals surface area contributed by atoms with E-state index in [2.05, 4.69) is 16.0 Å². The molecule has 0 aromatic heterocycles. The molecule has 2 aromatic carbocycles. The third-order valence-electron chi connectivity index (χ3n) is 4.58. The number of anilines is 4. The quantitative estimate of drug-likeness (QED) is 0.252. The van der Waals surface area contributed by atoms with Crippen LogP contribution in [0, 0.1) is 0 Å². The SMILES string of the molecule is CNc1c(NCCNc2ccc(C(=O)OC)c(OC)c2N)ccc(C(=O)OC)c1OC. The minimum atomic E-state index is -0.527. The second-order valence-corrected chi connectivity index (χ2v) is 6.26. The molecule has 0 saturated heterocycles. The Kier molecular flexibility index (Phi) is 8.18. The summed E-state index contributed by atoms with van der Waals surface area (Å²) in [6.45, 7) is 1.03. The number of hydrogen-bond acceptors (Lipinski definition) is 10. The highest BCUT2D eigenvalue weighted by Crippen LogP contribution is 2.36. The molecule has 10 heteroatoms.